The highest BCUT2D eigenvalue weighted by Gasteiger charge is 2.12. The Morgan fingerprint density at radius 1 is 1.67 bits per heavy atom. The lowest BCUT2D eigenvalue weighted by molar-refractivity contribution is 0.762. The standard InChI is InChI=1S/C10H19N3S2/c1-8(7-14-4)13(3)10-12-6-9(15-10)5-11-2/h6,8,11H,5,7H2,1-4H3. The Kier molecular flexibility index (Phi) is 5.42. The summed E-state index contributed by atoms with van der Waals surface area (Å²) < 4.78 is 0. The molecule has 0 spiro atoms. The summed E-state index contributed by atoms with van der Waals surface area (Å²) in [6.07, 6.45) is 4.09. The van der Waals surface area contributed by atoms with Crippen LogP contribution in [0.4, 0.5) is 5.13 Å². The van der Waals surface area contributed by atoms with Gasteiger partial charge in [-0.05, 0) is 20.2 Å². The van der Waals surface area contributed by atoms with E-state index in [-0.39, 0.29) is 0 Å². The van der Waals surface area contributed by atoms with Crippen molar-refractivity contribution in [2.45, 2.75) is 19.5 Å². The molecule has 0 aromatic carbocycles. The summed E-state index contributed by atoms with van der Waals surface area (Å²) in [6, 6.07) is 0.536. The molecule has 1 aromatic heterocycles. The van der Waals surface area contributed by atoms with Crippen molar-refractivity contribution in [3.63, 3.8) is 0 Å². The number of aromatic nitrogens is 1. The topological polar surface area (TPSA) is 28.2 Å². The molecule has 0 saturated heterocycles. The van der Waals surface area contributed by atoms with Crippen molar-refractivity contribution < 1.29 is 0 Å². The maximum atomic E-state index is 4.43. The van der Waals surface area contributed by atoms with Crippen LogP contribution in [0.2, 0.25) is 0 Å². The summed E-state index contributed by atoms with van der Waals surface area (Å²) in [6.45, 7) is 3.14. The van der Waals surface area contributed by atoms with Gasteiger partial charge in [0.1, 0.15) is 0 Å². The van der Waals surface area contributed by atoms with E-state index in [0.717, 1.165) is 17.4 Å². The molecule has 0 saturated carbocycles. The molecule has 0 bridgehead atoms. The first-order chi connectivity index (χ1) is 7.19. The Labute approximate surface area is 100 Å². The number of hydrogen-bond donors (Lipinski definition) is 1. The van der Waals surface area contributed by atoms with E-state index >= 15 is 0 Å². The van der Waals surface area contributed by atoms with Gasteiger partial charge in [-0.25, -0.2) is 4.98 Å². The van der Waals surface area contributed by atoms with Crippen molar-refractivity contribution >= 4 is 28.2 Å². The van der Waals surface area contributed by atoms with Gasteiger partial charge in [0.15, 0.2) is 5.13 Å². The summed E-state index contributed by atoms with van der Waals surface area (Å²) in [5.41, 5.74) is 0. The maximum Gasteiger partial charge on any atom is 0.185 e. The number of thiazole rings is 1. The van der Waals surface area contributed by atoms with E-state index in [1.54, 1.807) is 11.3 Å². The summed E-state index contributed by atoms with van der Waals surface area (Å²) in [5.74, 6) is 1.14. The lowest BCUT2D eigenvalue weighted by Gasteiger charge is -2.23. The highest BCUT2D eigenvalue weighted by molar-refractivity contribution is 7.98. The van der Waals surface area contributed by atoms with Crippen LogP contribution in [0.25, 0.3) is 0 Å². The molecule has 0 aliphatic rings. The van der Waals surface area contributed by atoms with Gasteiger partial charge in [-0.3, -0.25) is 0 Å². The summed E-state index contributed by atoms with van der Waals surface area (Å²) in [7, 11) is 4.07. The molecule has 86 valence electrons. The van der Waals surface area contributed by atoms with E-state index in [2.05, 4.69) is 35.4 Å². The summed E-state index contributed by atoms with van der Waals surface area (Å²) in [4.78, 5) is 7.97. The van der Waals surface area contributed by atoms with Crippen LogP contribution in [0.3, 0.4) is 0 Å². The van der Waals surface area contributed by atoms with E-state index in [1.165, 1.54) is 4.88 Å². The van der Waals surface area contributed by atoms with E-state index in [1.807, 2.05) is 25.0 Å². The fraction of sp³-hybridized carbons (Fsp3) is 0.700. The van der Waals surface area contributed by atoms with Crippen LogP contribution < -0.4 is 10.2 Å². The van der Waals surface area contributed by atoms with Crippen molar-refractivity contribution in [1.29, 1.82) is 0 Å². The van der Waals surface area contributed by atoms with Gasteiger partial charge in [0.2, 0.25) is 0 Å². The van der Waals surface area contributed by atoms with Crippen LogP contribution in [-0.4, -0.2) is 37.1 Å². The summed E-state index contributed by atoms with van der Waals surface area (Å²) in [5, 5.41) is 4.25. The zero-order chi connectivity index (χ0) is 11.3. The van der Waals surface area contributed by atoms with Crippen LogP contribution >= 0.6 is 23.1 Å². The molecule has 1 atom stereocenters. The molecule has 1 rings (SSSR count). The lowest BCUT2D eigenvalue weighted by Crippen LogP contribution is -2.30. The SMILES string of the molecule is CNCc1cnc(N(C)C(C)CSC)s1. The molecule has 5 heteroatoms. The molecule has 15 heavy (non-hydrogen) atoms. The van der Waals surface area contributed by atoms with Gasteiger partial charge >= 0.3 is 0 Å². The van der Waals surface area contributed by atoms with Crippen LogP contribution in [0.5, 0.6) is 0 Å². The molecule has 1 aromatic rings. The quantitative estimate of drug-likeness (QED) is 0.830. The van der Waals surface area contributed by atoms with Gasteiger partial charge in [-0.1, -0.05) is 0 Å². The Morgan fingerprint density at radius 3 is 3.00 bits per heavy atom. The number of thioether (sulfide) groups is 1. The monoisotopic (exact) mass is 245 g/mol. The molecule has 0 radical (unpaired) electrons. The largest absolute Gasteiger partial charge is 0.348 e. The fourth-order valence-corrected chi connectivity index (χ4v) is 2.95. The highest BCUT2D eigenvalue weighted by Crippen LogP contribution is 2.23. The molecule has 1 N–H and O–H groups in total. The minimum Gasteiger partial charge on any atom is -0.348 e. The Hall–Kier alpha value is -0.260. The van der Waals surface area contributed by atoms with Crippen LogP contribution in [0.15, 0.2) is 6.20 Å². The minimum atomic E-state index is 0.536. The number of nitrogens with zero attached hydrogens (tertiary/aromatic N) is 2. The van der Waals surface area contributed by atoms with Crippen molar-refractivity contribution in [1.82, 2.24) is 10.3 Å². The predicted molar refractivity (Wildman–Crippen MR) is 71.1 cm³/mol. The second kappa shape index (κ2) is 6.35. The maximum absolute atomic E-state index is 4.43. The molecule has 1 unspecified atom stereocenters. The van der Waals surface area contributed by atoms with E-state index in [0.29, 0.717) is 6.04 Å². The Bertz CT molecular complexity index is 288. The first-order valence-electron chi connectivity index (χ1n) is 5.00. The molecule has 0 aliphatic heterocycles. The molecular formula is C10H19N3S2. The third-order valence-electron chi connectivity index (χ3n) is 2.26. The zero-order valence-electron chi connectivity index (χ0n) is 9.78. The van der Waals surface area contributed by atoms with Gasteiger partial charge in [-0.15, -0.1) is 11.3 Å². The van der Waals surface area contributed by atoms with Gasteiger partial charge in [0, 0.05) is 36.5 Å². The van der Waals surface area contributed by atoms with E-state index < -0.39 is 0 Å². The smallest absolute Gasteiger partial charge is 0.185 e. The first kappa shape index (κ1) is 12.8. The molecule has 3 nitrogen and oxygen atoms in total. The Morgan fingerprint density at radius 2 is 2.40 bits per heavy atom. The van der Waals surface area contributed by atoms with E-state index in [4.69, 9.17) is 0 Å². The van der Waals surface area contributed by atoms with Crippen LogP contribution in [-0.2, 0) is 6.54 Å². The second-order valence-corrected chi connectivity index (χ2v) is 5.56. The van der Waals surface area contributed by atoms with Crippen molar-refractivity contribution in [2.75, 3.05) is 31.0 Å². The van der Waals surface area contributed by atoms with E-state index in [9.17, 15) is 0 Å². The van der Waals surface area contributed by atoms with Gasteiger partial charge in [-0.2, -0.15) is 11.8 Å². The number of nitrogens with one attached hydrogen (secondary N) is 1. The molecule has 0 fully saturated rings. The van der Waals surface area contributed by atoms with Crippen LogP contribution in [0, 0.1) is 0 Å². The summed E-state index contributed by atoms with van der Waals surface area (Å²) >= 11 is 3.64. The molecule has 1 heterocycles. The molecule has 0 amide bonds. The number of rotatable bonds is 6. The average Bonchev–Trinajstić information content (AvgIpc) is 2.66. The Balaban J connectivity index is 2.60. The van der Waals surface area contributed by atoms with Crippen LogP contribution in [0.1, 0.15) is 11.8 Å². The van der Waals surface area contributed by atoms with Crippen molar-refractivity contribution in [2.24, 2.45) is 0 Å². The minimum absolute atomic E-state index is 0.536. The number of anilines is 1. The van der Waals surface area contributed by atoms with Crippen molar-refractivity contribution in [3.8, 4) is 0 Å². The number of hydrogen-bond acceptors (Lipinski definition) is 5. The van der Waals surface area contributed by atoms with Crippen molar-refractivity contribution in [3.05, 3.63) is 11.1 Å². The second-order valence-electron chi connectivity index (χ2n) is 3.55. The fourth-order valence-electron chi connectivity index (χ4n) is 1.26. The third-order valence-corrected chi connectivity index (χ3v) is 4.17. The highest BCUT2D eigenvalue weighted by atomic mass is 32.2. The molecule has 0 aliphatic carbocycles. The first-order valence-corrected chi connectivity index (χ1v) is 7.21. The third kappa shape index (κ3) is 3.66. The van der Waals surface area contributed by atoms with Gasteiger partial charge in [0.25, 0.3) is 0 Å². The predicted octanol–water partition coefficient (Wildman–Crippen LogP) is 2.05. The zero-order valence-corrected chi connectivity index (χ0v) is 11.4. The molecular weight excluding hydrogens is 226 g/mol. The normalized spacial score (nSPS) is 12.8. The van der Waals surface area contributed by atoms with Gasteiger partial charge < -0.3 is 10.2 Å². The van der Waals surface area contributed by atoms with Gasteiger partial charge in [0.05, 0.1) is 0 Å². The average molecular weight is 245 g/mol. The lowest BCUT2D eigenvalue weighted by atomic mass is 10.4.